The van der Waals surface area contributed by atoms with Crippen LogP contribution >= 0.6 is 12.4 Å². The lowest BCUT2D eigenvalue weighted by Gasteiger charge is -2.07. The quantitative estimate of drug-likeness (QED) is 0.289. The Morgan fingerprint density at radius 1 is 1.00 bits per heavy atom. The van der Waals surface area contributed by atoms with Crippen LogP contribution < -0.4 is 11.1 Å². The van der Waals surface area contributed by atoms with Gasteiger partial charge in [-0.25, -0.2) is 4.98 Å². The number of amides is 1. The zero-order valence-electron chi connectivity index (χ0n) is 20.3. The van der Waals surface area contributed by atoms with Gasteiger partial charge in [-0.2, -0.15) is 10.2 Å². The molecule has 0 aliphatic carbocycles. The monoisotopic (exact) mass is 517 g/mol. The molecule has 10 heteroatoms. The molecule has 0 saturated heterocycles. The average molecular weight is 518 g/mol. The molecule has 0 fully saturated rings. The highest BCUT2D eigenvalue weighted by Crippen LogP contribution is 2.20. The SMILES string of the molecule is Cc1cnn(Cc2ccc(Cn3cc(C(=O)NCc4ccc5c(N)nccc5c4)c(CO)n3)cc2)c1.Cl. The van der Waals surface area contributed by atoms with Gasteiger partial charge in [-0.05, 0) is 46.7 Å². The van der Waals surface area contributed by atoms with E-state index in [1.807, 2.05) is 60.4 Å². The van der Waals surface area contributed by atoms with E-state index >= 15 is 0 Å². The predicted molar refractivity (Wildman–Crippen MR) is 144 cm³/mol. The molecule has 1 amide bonds. The molecule has 0 saturated carbocycles. The number of aryl methyl sites for hydroxylation is 1. The number of nitrogens with one attached hydrogen (secondary N) is 1. The Labute approximate surface area is 220 Å². The number of hydrogen-bond acceptors (Lipinski definition) is 6. The van der Waals surface area contributed by atoms with E-state index in [9.17, 15) is 9.90 Å². The fraction of sp³-hybridized carbons (Fsp3) is 0.185. The Bertz CT molecular complexity index is 1530. The first-order valence-electron chi connectivity index (χ1n) is 11.6. The van der Waals surface area contributed by atoms with Gasteiger partial charge >= 0.3 is 0 Å². The second-order valence-electron chi connectivity index (χ2n) is 8.81. The van der Waals surface area contributed by atoms with E-state index in [1.54, 1.807) is 17.1 Å². The number of nitrogens with zero attached hydrogens (tertiary/aromatic N) is 5. The fourth-order valence-corrected chi connectivity index (χ4v) is 4.16. The van der Waals surface area contributed by atoms with Gasteiger partial charge in [0.2, 0.25) is 0 Å². The van der Waals surface area contributed by atoms with Gasteiger partial charge in [-0.3, -0.25) is 14.2 Å². The Morgan fingerprint density at radius 3 is 2.38 bits per heavy atom. The van der Waals surface area contributed by atoms with E-state index in [2.05, 4.69) is 32.6 Å². The summed E-state index contributed by atoms with van der Waals surface area (Å²) in [5, 5.41) is 23.3. The number of halogens is 1. The van der Waals surface area contributed by atoms with E-state index in [4.69, 9.17) is 5.73 Å². The molecule has 0 aliphatic heterocycles. The molecule has 0 aliphatic rings. The standard InChI is InChI=1S/C27H27N7O2.ClH/c1-18-11-31-33(13-18)14-19-2-4-20(5-3-19)15-34-16-24(25(17-35)32-34)27(36)30-12-21-6-7-23-22(10-21)8-9-29-26(23)28;/h2-11,13,16,35H,12,14-15,17H2,1H3,(H2,28,29)(H,30,36);1H. The van der Waals surface area contributed by atoms with Crippen LogP contribution in [0.1, 0.15) is 38.3 Å². The molecule has 0 atom stereocenters. The van der Waals surface area contributed by atoms with Gasteiger partial charge in [-0.1, -0.05) is 36.4 Å². The third-order valence-corrected chi connectivity index (χ3v) is 6.02. The van der Waals surface area contributed by atoms with Crippen molar-refractivity contribution in [3.8, 4) is 0 Å². The van der Waals surface area contributed by atoms with Crippen molar-refractivity contribution in [3.05, 3.63) is 107 Å². The van der Waals surface area contributed by atoms with Crippen LogP contribution in [0.15, 0.2) is 73.3 Å². The number of aliphatic hydroxyl groups is 1. The Kier molecular flexibility index (Phi) is 7.86. The number of pyridine rings is 1. The van der Waals surface area contributed by atoms with E-state index in [0.29, 0.717) is 36.7 Å². The number of carbonyl (C=O) groups excluding carboxylic acids is 1. The van der Waals surface area contributed by atoms with Crippen LogP contribution in [0, 0.1) is 6.92 Å². The van der Waals surface area contributed by atoms with Crippen molar-refractivity contribution < 1.29 is 9.90 Å². The van der Waals surface area contributed by atoms with Gasteiger partial charge in [0, 0.05) is 30.5 Å². The van der Waals surface area contributed by atoms with Crippen molar-refractivity contribution in [2.75, 3.05) is 5.73 Å². The molecule has 0 bridgehead atoms. The van der Waals surface area contributed by atoms with Crippen molar-refractivity contribution in [2.45, 2.75) is 33.2 Å². The molecule has 9 nitrogen and oxygen atoms in total. The highest BCUT2D eigenvalue weighted by molar-refractivity contribution is 5.95. The highest BCUT2D eigenvalue weighted by atomic mass is 35.5. The zero-order chi connectivity index (χ0) is 25.1. The second kappa shape index (κ2) is 11.2. The third kappa shape index (κ3) is 5.96. The molecule has 37 heavy (non-hydrogen) atoms. The molecule has 5 rings (SSSR count). The molecule has 5 aromatic rings. The van der Waals surface area contributed by atoms with Gasteiger partial charge in [0.1, 0.15) is 11.5 Å². The number of nitrogens with two attached hydrogens (primary N) is 1. The number of anilines is 1. The van der Waals surface area contributed by atoms with E-state index in [0.717, 1.165) is 33.0 Å². The molecule has 3 heterocycles. The maximum atomic E-state index is 12.9. The van der Waals surface area contributed by atoms with E-state index < -0.39 is 0 Å². The Hall–Kier alpha value is -4.21. The molecule has 3 aromatic heterocycles. The lowest BCUT2D eigenvalue weighted by molar-refractivity contribution is 0.0947. The maximum absolute atomic E-state index is 12.9. The van der Waals surface area contributed by atoms with Gasteiger partial charge in [0.05, 0.1) is 31.5 Å². The number of hydrogen-bond donors (Lipinski definition) is 3. The van der Waals surface area contributed by atoms with Crippen LogP contribution in [0.25, 0.3) is 10.8 Å². The van der Waals surface area contributed by atoms with Crippen molar-refractivity contribution in [3.63, 3.8) is 0 Å². The third-order valence-electron chi connectivity index (χ3n) is 6.02. The normalized spacial score (nSPS) is 10.9. The smallest absolute Gasteiger partial charge is 0.255 e. The minimum absolute atomic E-state index is 0. The van der Waals surface area contributed by atoms with Crippen LogP contribution in [0.4, 0.5) is 5.82 Å². The molecule has 2 aromatic carbocycles. The molecule has 0 unspecified atom stereocenters. The Balaban J connectivity index is 0.00000320. The first-order chi connectivity index (χ1) is 17.5. The summed E-state index contributed by atoms with van der Waals surface area (Å²) < 4.78 is 3.58. The molecule has 190 valence electrons. The maximum Gasteiger partial charge on any atom is 0.255 e. The van der Waals surface area contributed by atoms with Crippen LogP contribution in [0.3, 0.4) is 0 Å². The number of carbonyl (C=O) groups is 1. The van der Waals surface area contributed by atoms with Crippen LogP contribution in [0.2, 0.25) is 0 Å². The van der Waals surface area contributed by atoms with Crippen LogP contribution in [0.5, 0.6) is 0 Å². The molecular weight excluding hydrogens is 490 g/mol. The number of fused-ring (bicyclic) bond motifs is 1. The summed E-state index contributed by atoms with van der Waals surface area (Å²) >= 11 is 0. The molecule has 4 N–H and O–H groups in total. The minimum atomic E-state index is -0.319. The van der Waals surface area contributed by atoms with Gasteiger partial charge in [0.15, 0.2) is 0 Å². The van der Waals surface area contributed by atoms with Gasteiger partial charge in [0.25, 0.3) is 5.91 Å². The number of aromatic nitrogens is 5. The summed E-state index contributed by atoms with van der Waals surface area (Å²) in [5.74, 6) is 0.190. The largest absolute Gasteiger partial charge is 0.390 e. The van der Waals surface area contributed by atoms with Gasteiger partial charge in [-0.15, -0.1) is 12.4 Å². The minimum Gasteiger partial charge on any atom is -0.390 e. The molecule has 0 radical (unpaired) electrons. The van der Waals surface area contributed by atoms with Crippen molar-refractivity contribution in [1.29, 1.82) is 0 Å². The fourth-order valence-electron chi connectivity index (χ4n) is 4.16. The highest BCUT2D eigenvalue weighted by Gasteiger charge is 2.16. The van der Waals surface area contributed by atoms with Crippen molar-refractivity contribution >= 4 is 34.9 Å². The van der Waals surface area contributed by atoms with Gasteiger partial charge < -0.3 is 16.2 Å². The number of nitrogen functional groups attached to an aromatic ring is 1. The summed E-state index contributed by atoms with van der Waals surface area (Å²) in [6, 6.07) is 15.9. The van der Waals surface area contributed by atoms with E-state index in [1.165, 1.54) is 0 Å². The predicted octanol–water partition coefficient (Wildman–Crippen LogP) is 3.46. The number of aliphatic hydroxyl groups excluding tert-OH is 1. The Morgan fingerprint density at radius 2 is 1.70 bits per heavy atom. The van der Waals surface area contributed by atoms with Crippen LogP contribution in [-0.2, 0) is 26.2 Å². The van der Waals surface area contributed by atoms with Crippen molar-refractivity contribution in [1.82, 2.24) is 29.9 Å². The summed E-state index contributed by atoms with van der Waals surface area (Å²) in [4.78, 5) is 17.0. The first-order valence-corrected chi connectivity index (χ1v) is 11.6. The lowest BCUT2D eigenvalue weighted by atomic mass is 10.1. The number of rotatable bonds is 8. The molecular formula is C27H28ClN7O2. The summed E-state index contributed by atoms with van der Waals surface area (Å²) in [6.07, 6.45) is 7.19. The topological polar surface area (TPSA) is 124 Å². The summed E-state index contributed by atoms with van der Waals surface area (Å²) in [7, 11) is 0. The zero-order valence-corrected chi connectivity index (χ0v) is 21.2. The summed E-state index contributed by atoms with van der Waals surface area (Å²) in [6.45, 7) is 3.23. The summed E-state index contributed by atoms with van der Waals surface area (Å²) in [5.41, 5.74) is 10.9. The lowest BCUT2D eigenvalue weighted by Crippen LogP contribution is -2.23. The average Bonchev–Trinajstić information content (AvgIpc) is 3.49. The molecule has 0 spiro atoms. The number of benzene rings is 2. The first kappa shape index (κ1) is 25.9. The second-order valence-corrected chi connectivity index (χ2v) is 8.81. The van der Waals surface area contributed by atoms with E-state index in [-0.39, 0.29) is 24.9 Å². The van der Waals surface area contributed by atoms with Crippen LogP contribution in [-0.4, -0.2) is 35.6 Å². The van der Waals surface area contributed by atoms with Crippen molar-refractivity contribution in [2.24, 2.45) is 0 Å².